The minimum atomic E-state index is -0.197. The third-order valence-electron chi connectivity index (χ3n) is 3.37. The van der Waals surface area contributed by atoms with Gasteiger partial charge in [-0.25, -0.2) is 4.98 Å². The summed E-state index contributed by atoms with van der Waals surface area (Å²) in [4.78, 5) is 15.9. The second-order valence-electron chi connectivity index (χ2n) is 5.18. The van der Waals surface area contributed by atoms with Gasteiger partial charge in [0.2, 0.25) is 5.91 Å². The first-order chi connectivity index (χ1) is 9.61. The summed E-state index contributed by atoms with van der Waals surface area (Å²) in [5, 5.41) is 5.23. The Morgan fingerprint density at radius 2 is 2.35 bits per heavy atom. The van der Waals surface area contributed by atoms with Gasteiger partial charge in [0.05, 0.1) is 5.69 Å². The van der Waals surface area contributed by atoms with Gasteiger partial charge < -0.3 is 4.42 Å². The van der Waals surface area contributed by atoms with Gasteiger partial charge in [-0.1, -0.05) is 6.92 Å². The van der Waals surface area contributed by atoms with E-state index in [1.54, 1.807) is 6.08 Å². The first kappa shape index (κ1) is 13.1. The summed E-state index contributed by atoms with van der Waals surface area (Å²) in [6, 6.07) is 3.90. The summed E-state index contributed by atoms with van der Waals surface area (Å²) in [5.74, 6) is 2.81. The maximum Gasteiger partial charge on any atom is 0.250 e. The molecule has 2 unspecified atom stereocenters. The maximum absolute atomic E-state index is 11.7. The van der Waals surface area contributed by atoms with Crippen molar-refractivity contribution in [3.05, 3.63) is 40.8 Å². The summed E-state index contributed by atoms with van der Waals surface area (Å²) >= 11 is 1.42. The van der Waals surface area contributed by atoms with Crippen molar-refractivity contribution in [1.29, 1.82) is 0 Å². The molecule has 0 aliphatic heterocycles. The highest BCUT2D eigenvalue weighted by Crippen LogP contribution is 2.47. The van der Waals surface area contributed by atoms with Gasteiger partial charge in [0.25, 0.3) is 0 Å². The number of hydrogen-bond donors (Lipinski definition) is 1. The number of nitrogens with zero attached hydrogens (tertiary/aromatic N) is 1. The number of carbonyl (C=O) groups excluding carboxylic acids is 1. The van der Waals surface area contributed by atoms with Crippen LogP contribution < -0.4 is 5.32 Å². The third kappa shape index (κ3) is 2.99. The van der Waals surface area contributed by atoms with E-state index in [1.807, 2.05) is 24.4 Å². The molecule has 1 saturated carbocycles. The number of carbonyl (C=O) groups is 1. The van der Waals surface area contributed by atoms with Crippen LogP contribution in [0, 0.1) is 12.8 Å². The summed E-state index contributed by atoms with van der Waals surface area (Å²) in [5.41, 5.74) is 0.906. The zero-order valence-electron chi connectivity index (χ0n) is 11.4. The summed E-state index contributed by atoms with van der Waals surface area (Å²) < 4.78 is 5.70. The van der Waals surface area contributed by atoms with Gasteiger partial charge in [0.1, 0.15) is 11.5 Å². The van der Waals surface area contributed by atoms with E-state index in [-0.39, 0.29) is 5.91 Å². The molecule has 0 spiro atoms. The standard InChI is InChI=1S/C15H16N2O2S/c1-9-7-12(9)13-5-3-11(19-13)4-6-14(18)17-15-16-10(2)8-20-15/h3-6,8-9,12H,7H2,1-2H3,(H,16,17,18)/b6-4+. The maximum atomic E-state index is 11.7. The molecule has 0 saturated heterocycles. The number of nitrogens with one attached hydrogen (secondary N) is 1. The normalized spacial score (nSPS) is 21.3. The van der Waals surface area contributed by atoms with Crippen LogP contribution in [0.2, 0.25) is 0 Å². The van der Waals surface area contributed by atoms with Crippen molar-refractivity contribution in [3.8, 4) is 0 Å². The summed E-state index contributed by atoms with van der Waals surface area (Å²) in [6.45, 7) is 4.11. The highest BCUT2D eigenvalue weighted by Gasteiger charge is 2.36. The van der Waals surface area contributed by atoms with Crippen LogP contribution in [0.1, 0.15) is 36.5 Å². The minimum absolute atomic E-state index is 0.197. The van der Waals surface area contributed by atoms with E-state index in [9.17, 15) is 4.79 Å². The molecule has 4 nitrogen and oxygen atoms in total. The SMILES string of the molecule is Cc1csc(NC(=O)/C=C/c2ccc(C3CC3C)o2)n1. The first-order valence-electron chi connectivity index (χ1n) is 6.63. The van der Waals surface area contributed by atoms with Gasteiger partial charge in [0, 0.05) is 17.4 Å². The molecule has 2 aromatic rings. The van der Waals surface area contributed by atoms with E-state index in [1.165, 1.54) is 23.8 Å². The van der Waals surface area contributed by atoms with Crippen LogP contribution in [-0.2, 0) is 4.79 Å². The van der Waals surface area contributed by atoms with Gasteiger partial charge in [-0.05, 0) is 37.5 Å². The number of aryl methyl sites for hydroxylation is 1. The zero-order chi connectivity index (χ0) is 14.1. The Kier molecular flexibility index (Phi) is 3.44. The molecule has 1 N–H and O–H groups in total. The molecule has 2 heterocycles. The van der Waals surface area contributed by atoms with Crippen LogP contribution in [0.3, 0.4) is 0 Å². The highest BCUT2D eigenvalue weighted by molar-refractivity contribution is 7.13. The lowest BCUT2D eigenvalue weighted by Gasteiger charge is -1.94. The molecule has 104 valence electrons. The topological polar surface area (TPSA) is 55.1 Å². The van der Waals surface area contributed by atoms with Crippen LogP contribution in [0.4, 0.5) is 5.13 Å². The average molecular weight is 288 g/mol. The molecule has 0 aromatic carbocycles. The lowest BCUT2D eigenvalue weighted by atomic mass is 10.3. The molecule has 1 fully saturated rings. The third-order valence-corrected chi connectivity index (χ3v) is 4.25. The van der Waals surface area contributed by atoms with Crippen LogP contribution >= 0.6 is 11.3 Å². The van der Waals surface area contributed by atoms with Gasteiger partial charge in [-0.3, -0.25) is 10.1 Å². The van der Waals surface area contributed by atoms with Crippen molar-refractivity contribution in [2.75, 3.05) is 5.32 Å². The van der Waals surface area contributed by atoms with Crippen molar-refractivity contribution < 1.29 is 9.21 Å². The second-order valence-corrected chi connectivity index (χ2v) is 6.03. The molecule has 20 heavy (non-hydrogen) atoms. The smallest absolute Gasteiger partial charge is 0.250 e. The predicted molar refractivity (Wildman–Crippen MR) is 79.7 cm³/mol. The molecule has 2 aromatic heterocycles. The van der Waals surface area contributed by atoms with E-state index in [0.717, 1.165) is 17.4 Å². The van der Waals surface area contributed by atoms with Gasteiger partial charge in [-0.15, -0.1) is 11.3 Å². The fraction of sp³-hybridized carbons (Fsp3) is 0.333. The Hall–Kier alpha value is -1.88. The molecule has 1 aliphatic rings. The number of aromatic nitrogens is 1. The molecule has 3 rings (SSSR count). The number of anilines is 1. The Morgan fingerprint density at radius 1 is 1.55 bits per heavy atom. The van der Waals surface area contributed by atoms with Crippen molar-refractivity contribution in [2.45, 2.75) is 26.2 Å². The first-order valence-corrected chi connectivity index (χ1v) is 7.50. The van der Waals surface area contributed by atoms with E-state index in [2.05, 4.69) is 17.2 Å². The molecular weight excluding hydrogens is 272 g/mol. The molecule has 1 aliphatic carbocycles. The fourth-order valence-corrected chi connectivity index (χ4v) is 2.78. The van der Waals surface area contributed by atoms with Gasteiger partial charge in [-0.2, -0.15) is 0 Å². The van der Waals surface area contributed by atoms with Crippen molar-refractivity contribution in [2.24, 2.45) is 5.92 Å². The Morgan fingerprint density at radius 3 is 3.00 bits per heavy atom. The summed E-state index contributed by atoms with van der Waals surface area (Å²) in [7, 11) is 0. The number of thiazole rings is 1. The van der Waals surface area contributed by atoms with Gasteiger partial charge in [0.15, 0.2) is 5.13 Å². The second kappa shape index (κ2) is 5.25. The number of hydrogen-bond acceptors (Lipinski definition) is 4. The van der Waals surface area contributed by atoms with Crippen LogP contribution in [-0.4, -0.2) is 10.9 Å². The largest absolute Gasteiger partial charge is 0.461 e. The number of rotatable bonds is 4. The molecule has 1 amide bonds. The monoisotopic (exact) mass is 288 g/mol. The van der Waals surface area contributed by atoms with Crippen molar-refractivity contribution in [3.63, 3.8) is 0 Å². The average Bonchev–Trinajstić information content (AvgIpc) is 2.82. The lowest BCUT2D eigenvalue weighted by Crippen LogP contribution is -2.07. The van der Waals surface area contributed by atoms with Gasteiger partial charge >= 0.3 is 0 Å². The predicted octanol–water partition coefficient (Wildman–Crippen LogP) is 3.82. The van der Waals surface area contributed by atoms with E-state index < -0.39 is 0 Å². The van der Waals surface area contributed by atoms with Crippen molar-refractivity contribution >= 4 is 28.5 Å². The molecular formula is C15H16N2O2S. The minimum Gasteiger partial charge on any atom is -0.461 e. The number of amides is 1. The lowest BCUT2D eigenvalue weighted by molar-refractivity contribution is -0.111. The van der Waals surface area contributed by atoms with Crippen LogP contribution in [0.25, 0.3) is 6.08 Å². The van der Waals surface area contributed by atoms with E-state index in [4.69, 9.17) is 4.42 Å². The Bertz CT molecular complexity index is 656. The quantitative estimate of drug-likeness (QED) is 0.870. The molecule has 2 atom stereocenters. The molecule has 0 bridgehead atoms. The molecule has 5 heteroatoms. The van der Waals surface area contributed by atoms with Crippen LogP contribution in [0.5, 0.6) is 0 Å². The highest BCUT2D eigenvalue weighted by atomic mass is 32.1. The van der Waals surface area contributed by atoms with Crippen molar-refractivity contribution in [1.82, 2.24) is 4.98 Å². The fourth-order valence-electron chi connectivity index (χ4n) is 2.09. The zero-order valence-corrected chi connectivity index (χ0v) is 12.2. The Balaban J connectivity index is 1.59. The van der Waals surface area contributed by atoms with Crippen LogP contribution in [0.15, 0.2) is 28.0 Å². The Labute approximate surface area is 121 Å². The summed E-state index contributed by atoms with van der Waals surface area (Å²) in [6.07, 6.45) is 4.35. The molecule has 0 radical (unpaired) electrons. The number of furan rings is 1. The van der Waals surface area contributed by atoms with E-state index in [0.29, 0.717) is 16.8 Å². The van der Waals surface area contributed by atoms with E-state index >= 15 is 0 Å².